The number of hydrogen-bond donors (Lipinski definition) is 0. The van der Waals surface area contributed by atoms with Gasteiger partial charge in [-0.3, -0.25) is 4.79 Å². The van der Waals surface area contributed by atoms with Crippen LogP contribution >= 0.6 is 0 Å². The number of carbonyl (C=O) groups excluding carboxylic acids is 2. The van der Waals surface area contributed by atoms with E-state index in [9.17, 15) is 9.59 Å². The first-order chi connectivity index (χ1) is 12.6. The first kappa shape index (κ1) is 18.0. The van der Waals surface area contributed by atoms with Gasteiger partial charge in [0.25, 0.3) is 5.91 Å². The molecule has 1 fully saturated rings. The molecule has 3 rings (SSSR count). The van der Waals surface area contributed by atoms with Crippen LogP contribution < -0.4 is 4.74 Å². The molecule has 5 nitrogen and oxygen atoms in total. The van der Waals surface area contributed by atoms with E-state index in [4.69, 9.17) is 9.47 Å². The predicted molar refractivity (Wildman–Crippen MR) is 98.3 cm³/mol. The molecule has 1 amide bonds. The normalized spacial score (nSPS) is 16.8. The summed E-state index contributed by atoms with van der Waals surface area (Å²) >= 11 is 0. The van der Waals surface area contributed by atoms with Gasteiger partial charge in [0, 0.05) is 12.6 Å². The van der Waals surface area contributed by atoms with E-state index in [1.165, 1.54) is 0 Å². The standard InChI is InChI=1S/C21H23NO4/c1-16-9-7-8-14-22(16)20(23)15-25-21(24)18-12-5-6-13-19(18)26-17-10-3-2-4-11-17/h2-6,10-13,16H,7-9,14-15H2,1H3/t16-/m0/s1. The quantitative estimate of drug-likeness (QED) is 0.762. The number of amides is 1. The molecule has 1 aliphatic heterocycles. The average molecular weight is 353 g/mol. The number of benzene rings is 2. The summed E-state index contributed by atoms with van der Waals surface area (Å²) in [5.41, 5.74) is 0.302. The molecule has 5 heteroatoms. The van der Waals surface area contributed by atoms with Crippen molar-refractivity contribution in [2.75, 3.05) is 13.2 Å². The van der Waals surface area contributed by atoms with Crippen LogP contribution in [0.25, 0.3) is 0 Å². The Labute approximate surface area is 153 Å². The van der Waals surface area contributed by atoms with Crippen LogP contribution in [0.2, 0.25) is 0 Å². The molecule has 2 aromatic rings. The third kappa shape index (κ3) is 4.42. The summed E-state index contributed by atoms with van der Waals surface area (Å²) in [6, 6.07) is 16.3. The van der Waals surface area contributed by atoms with Crippen molar-refractivity contribution in [3.63, 3.8) is 0 Å². The largest absolute Gasteiger partial charge is 0.456 e. The average Bonchev–Trinajstić information content (AvgIpc) is 2.67. The van der Waals surface area contributed by atoms with E-state index >= 15 is 0 Å². The van der Waals surface area contributed by atoms with Crippen LogP contribution in [-0.4, -0.2) is 36.0 Å². The van der Waals surface area contributed by atoms with Gasteiger partial charge in [-0.05, 0) is 50.5 Å². The fraction of sp³-hybridized carbons (Fsp3) is 0.333. The maximum Gasteiger partial charge on any atom is 0.342 e. The molecule has 0 aromatic heterocycles. The van der Waals surface area contributed by atoms with Gasteiger partial charge in [0.2, 0.25) is 0 Å². The molecule has 1 atom stereocenters. The Hall–Kier alpha value is -2.82. The van der Waals surface area contributed by atoms with E-state index in [2.05, 4.69) is 0 Å². The summed E-state index contributed by atoms with van der Waals surface area (Å²) < 4.78 is 11.0. The second-order valence-corrected chi connectivity index (χ2v) is 6.42. The second kappa shape index (κ2) is 8.52. The number of para-hydroxylation sites is 2. The molecular formula is C21H23NO4. The van der Waals surface area contributed by atoms with Crippen LogP contribution in [0.15, 0.2) is 54.6 Å². The van der Waals surface area contributed by atoms with Crippen molar-refractivity contribution in [3.8, 4) is 11.5 Å². The van der Waals surface area contributed by atoms with Gasteiger partial charge in [0.05, 0.1) is 0 Å². The molecule has 136 valence electrons. The van der Waals surface area contributed by atoms with Gasteiger partial charge in [-0.1, -0.05) is 30.3 Å². The van der Waals surface area contributed by atoms with E-state index in [-0.39, 0.29) is 18.6 Å². The maximum absolute atomic E-state index is 12.5. The summed E-state index contributed by atoms with van der Waals surface area (Å²) in [7, 11) is 0. The Bertz CT molecular complexity index is 760. The van der Waals surface area contributed by atoms with Crippen LogP contribution in [0.1, 0.15) is 36.5 Å². The molecule has 0 aliphatic carbocycles. The second-order valence-electron chi connectivity index (χ2n) is 6.42. The topological polar surface area (TPSA) is 55.8 Å². The summed E-state index contributed by atoms with van der Waals surface area (Å²) in [4.78, 5) is 26.6. The molecule has 0 bridgehead atoms. The van der Waals surface area contributed by atoms with Gasteiger partial charge in [0.15, 0.2) is 6.61 Å². The van der Waals surface area contributed by atoms with Crippen molar-refractivity contribution in [2.45, 2.75) is 32.2 Å². The summed E-state index contributed by atoms with van der Waals surface area (Å²) in [6.45, 7) is 2.51. The SMILES string of the molecule is C[C@H]1CCCCN1C(=O)COC(=O)c1ccccc1Oc1ccccc1. The van der Waals surface area contributed by atoms with E-state index < -0.39 is 5.97 Å². The third-order valence-corrected chi connectivity index (χ3v) is 4.53. The Balaban J connectivity index is 1.64. The Kier molecular flexibility index (Phi) is 5.89. The van der Waals surface area contributed by atoms with E-state index in [1.54, 1.807) is 29.2 Å². The maximum atomic E-state index is 12.5. The summed E-state index contributed by atoms with van der Waals surface area (Å²) in [5.74, 6) is 0.329. The van der Waals surface area contributed by atoms with Crippen molar-refractivity contribution in [1.29, 1.82) is 0 Å². The van der Waals surface area contributed by atoms with Crippen LogP contribution in [0, 0.1) is 0 Å². The minimum atomic E-state index is -0.561. The lowest BCUT2D eigenvalue weighted by molar-refractivity contribution is -0.137. The zero-order valence-corrected chi connectivity index (χ0v) is 14.9. The monoisotopic (exact) mass is 353 g/mol. The van der Waals surface area contributed by atoms with E-state index in [1.807, 2.05) is 37.3 Å². The lowest BCUT2D eigenvalue weighted by Gasteiger charge is -2.33. The lowest BCUT2D eigenvalue weighted by atomic mass is 10.0. The van der Waals surface area contributed by atoms with Crippen molar-refractivity contribution in [2.24, 2.45) is 0 Å². The lowest BCUT2D eigenvalue weighted by Crippen LogP contribution is -2.44. The molecule has 0 spiro atoms. The number of hydrogen-bond acceptors (Lipinski definition) is 4. The number of carbonyl (C=O) groups is 2. The molecule has 1 aliphatic rings. The van der Waals surface area contributed by atoms with Crippen molar-refractivity contribution < 1.29 is 19.1 Å². The number of ether oxygens (including phenoxy) is 2. The van der Waals surface area contributed by atoms with Gasteiger partial charge in [-0.2, -0.15) is 0 Å². The Morgan fingerprint density at radius 3 is 2.54 bits per heavy atom. The van der Waals surface area contributed by atoms with E-state index in [0.29, 0.717) is 17.1 Å². The Morgan fingerprint density at radius 1 is 1.04 bits per heavy atom. The van der Waals surface area contributed by atoms with Crippen LogP contribution in [0.3, 0.4) is 0 Å². The highest BCUT2D eigenvalue weighted by Crippen LogP contribution is 2.25. The highest BCUT2D eigenvalue weighted by Gasteiger charge is 2.24. The number of rotatable bonds is 5. The number of piperidine rings is 1. The summed E-state index contributed by atoms with van der Waals surface area (Å²) in [5, 5.41) is 0. The molecule has 0 saturated carbocycles. The third-order valence-electron chi connectivity index (χ3n) is 4.53. The molecular weight excluding hydrogens is 330 g/mol. The fourth-order valence-corrected chi connectivity index (χ4v) is 3.10. The first-order valence-electron chi connectivity index (χ1n) is 8.93. The Morgan fingerprint density at radius 2 is 1.77 bits per heavy atom. The van der Waals surface area contributed by atoms with Crippen LogP contribution in [-0.2, 0) is 9.53 Å². The van der Waals surface area contributed by atoms with Gasteiger partial charge in [-0.15, -0.1) is 0 Å². The highest BCUT2D eigenvalue weighted by atomic mass is 16.5. The minimum Gasteiger partial charge on any atom is -0.456 e. The van der Waals surface area contributed by atoms with Crippen LogP contribution in [0.4, 0.5) is 0 Å². The van der Waals surface area contributed by atoms with Crippen molar-refractivity contribution in [3.05, 3.63) is 60.2 Å². The molecule has 0 unspecified atom stereocenters. The zero-order valence-electron chi connectivity index (χ0n) is 14.9. The van der Waals surface area contributed by atoms with Gasteiger partial charge in [0.1, 0.15) is 17.1 Å². The molecule has 1 heterocycles. The summed E-state index contributed by atoms with van der Waals surface area (Å²) in [6.07, 6.45) is 3.13. The van der Waals surface area contributed by atoms with Crippen molar-refractivity contribution >= 4 is 11.9 Å². The van der Waals surface area contributed by atoms with E-state index in [0.717, 1.165) is 25.8 Å². The molecule has 1 saturated heterocycles. The molecule has 26 heavy (non-hydrogen) atoms. The fourth-order valence-electron chi connectivity index (χ4n) is 3.10. The zero-order chi connectivity index (χ0) is 18.4. The molecule has 0 N–H and O–H groups in total. The number of nitrogens with zero attached hydrogens (tertiary/aromatic N) is 1. The van der Waals surface area contributed by atoms with Gasteiger partial charge >= 0.3 is 5.97 Å². The number of likely N-dealkylation sites (tertiary alicyclic amines) is 1. The predicted octanol–water partition coefficient (Wildman–Crippen LogP) is 4.04. The highest BCUT2D eigenvalue weighted by molar-refractivity contribution is 5.94. The first-order valence-corrected chi connectivity index (χ1v) is 8.93. The minimum absolute atomic E-state index is 0.146. The number of esters is 1. The molecule has 0 radical (unpaired) electrons. The van der Waals surface area contributed by atoms with Crippen molar-refractivity contribution in [1.82, 2.24) is 4.90 Å². The smallest absolute Gasteiger partial charge is 0.342 e. The van der Waals surface area contributed by atoms with Gasteiger partial charge in [-0.25, -0.2) is 4.79 Å². The molecule has 2 aromatic carbocycles. The van der Waals surface area contributed by atoms with Gasteiger partial charge < -0.3 is 14.4 Å². The van der Waals surface area contributed by atoms with Crippen LogP contribution in [0.5, 0.6) is 11.5 Å².